The summed E-state index contributed by atoms with van der Waals surface area (Å²) >= 11 is 0. The van der Waals surface area contributed by atoms with Crippen molar-refractivity contribution in [1.82, 2.24) is 5.32 Å². The zero-order chi connectivity index (χ0) is 12.3. The molecule has 0 bridgehead atoms. The minimum absolute atomic E-state index is 0.134. The van der Waals surface area contributed by atoms with E-state index < -0.39 is 6.61 Å². The monoisotopic (exact) mass is 241 g/mol. The summed E-state index contributed by atoms with van der Waals surface area (Å²) in [5.74, 6) is 0.845. The first-order valence-electron chi connectivity index (χ1n) is 5.99. The number of alkyl halides is 2. The molecule has 1 aromatic carbocycles. The van der Waals surface area contributed by atoms with Gasteiger partial charge in [0, 0.05) is 11.6 Å². The quantitative estimate of drug-likeness (QED) is 0.824. The third-order valence-electron chi connectivity index (χ3n) is 2.99. The van der Waals surface area contributed by atoms with Crippen LogP contribution in [0.3, 0.4) is 0 Å². The number of ether oxygens (including phenoxy) is 1. The van der Waals surface area contributed by atoms with E-state index in [0.717, 1.165) is 24.9 Å². The SMILES string of the molecule is CCNC(c1ccccc1OC(F)F)C1CC1. The van der Waals surface area contributed by atoms with Gasteiger partial charge >= 0.3 is 6.61 Å². The predicted octanol–water partition coefficient (Wildman–Crippen LogP) is 3.35. The fraction of sp³-hybridized carbons (Fsp3) is 0.538. The second kappa shape index (κ2) is 5.45. The fourth-order valence-electron chi connectivity index (χ4n) is 2.12. The first kappa shape index (κ1) is 12.3. The Balaban J connectivity index is 2.21. The molecule has 1 aromatic rings. The average Bonchev–Trinajstić information content (AvgIpc) is 3.10. The Morgan fingerprint density at radius 3 is 2.65 bits per heavy atom. The second-order valence-corrected chi connectivity index (χ2v) is 4.29. The normalized spacial score (nSPS) is 17.2. The highest BCUT2D eigenvalue weighted by Gasteiger charge is 2.33. The van der Waals surface area contributed by atoms with Gasteiger partial charge in [0.15, 0.2) is 0 Å². The van der Waals surface area contributed by atoms with E-state index in [1.165, 1.54) is 0 Å². The molecule has 1 aliphatic carbocycles. The Bertz CT molecular complexity index is 366. The van der Waals surface area contributed by atoms with Gasteiger partial charge in [0.2, 0.25) is 0 Å². The number of rotatable bonds is 6. The van der Waals surface area contributed by atoms with Gasteiger partial charge in [-0.15, -0.1) is 0 Å². The molecule has 0 aromatic heterocycles. The van der Waals surface area contributed by atoms with Crippen LogP contribution in [0, 0.1) is 5.92 Å². The van der Waals surface area contributed by atoms with E-state index in [0.29, 0.717) is 11.7 Å². The first-order chi connectivity index (χ1) is 8.22. The van der Waals surface area contributed by atoms with Gasteiger partial charge in [-0.1, -0.05) is 25.1 Å². The maximum absolute atomic E-state index is 12.3. The van der Waals surface area contributed by atoms with Gasteiger partial charge in [-0.2, -0.15) is 8.78 Å². The van der Waals surface area contributed by atoms with Gasteiger partial charge in [0.05, 0.1) is 0 Å². The van der Waals surface area contributed by atoms with Gasteiger partial charge in [0.25, 0.3) is 0 Å². The molecular formula is C13H17F2NO. The third-order valence-corrected chi connectivity index (χ3v) is 2.99. The summed E-state index contributed by atoms with van der Waals surface area (Å²) in [5, 5.41) is 3.35. The summed E-state index contributed by atoms with van der Waals surface area (Å²) in [7, 11) is 0. The number of halogens is 2. The van der Waals surface area contributed by atoms with E-state index in [1.807, 2.05) is 19.1 Å². The van der Waals surface area contributed by atoms with Crippen molar-refractivity contribution in [2.24, 2.45) is 5.92 Å². The summed E-state index contributed by atoms with van der Waals surface area (Å²) < 4.78 is 29.2. The molecule has 0 heterocycles. The lowest BCUT2D eigenvalue weighted by atomic mass is 10.0. The zero-order valence-electron chi connectivity index (χ0n) is 9.83. The van der Waals surface area contributed by atoms with Crippen molar-refractivity contribution in [1.29, 1.82) is 0 Å². The van der Waals surface area contributed by atoms with Gasteiger partial charge in [-0.25, -0.2) is 0 Å². The number of nitrogens with one attached hydrogen (secondary N) is 1. The Morgan fingerprint density at radius 1 is 1.35 bits per heavy atom. The summed E-state index contributed by atoms with van der Waals surface area (Å²) in [6, 6.07) is 7.18. The number of benzene rings is 1. The van der Waals surface area contributed by atoms with Crippen molar-refractivity contribution in [3.05, 3.63) is 29.8 Å². The molecule has 17 heavy (non-hydrogen) atoms. The molecule has 2 rings (SSSR count). The van der Waals surface area contributed by atoms with Crippen LogP contribution in [0.4, 0.5) is 8.78 Å². The fourth-order valence-corrected chi connectivity index (χ4v) is 2.12. The lowest BCUT2D eigenvalue weighted by Crippen LogP contribution is -2.23. The van der Waals surface area contributed by atoms with E-state index in [2.05, 4.69) is 10.1 Å². The highest BCUT2D eigenvalue weighted by atomic mass is 19.3. The van der Waals surface area contributed by atoms with Crippen LogP contribution in [0.25, 0.3) is 0 Å². The summed E-state index contributed by atoms with van der Waals surface area (Å²) in [6.45, 7) is 0.0773. The van der Waals surface area contributed by atoms with Crippen molar-refractivity contribution in [2.75, 3.05) is 6.54 Å². The zero-order valence-corrected chi connectivity index (χ0v) is 9.83. The molecule has 1 fully saturated rings. The predicted molar refractivity (Wildman–Crippen MR) is 62.2 cm³/mol. The van der Waals surface area contributed by atoms with Crippen molar-refractivity contribution in [2.45, 2.75) is 32.4 Å². The maximum Gasteiger partial charge on any atom is 0.387 e. The third kappa shape index (κ3) is 3.16. The molecule has 0 amide bonds. The van der Waals surface area contributed by atoms with E-state index in [-0.39, 0.29) is 6.04 Å². The highest BCUT2D eigenvalue weighted by molar-refractivity contribution is 5.37. The molecule has 0 aliphatic heterocycles. The van der Waals surface area contributed by atoms with Crippen LogP contribution < -0.4 is 10.1 Å². The van der Waals surface area contributed by atoms with Gasteiger partial charge < -0.3 is 10.1 Å². The minimum Gasteiger partial charge on any atom is -0.434 e. The second-order valence-electron chi connectivity index (χ2n) is 4.29. The molecule has 4 heteroatoms. The van der Waals surface area contributed by atoms with Crippen LogP contribution in [0.15, 0.2) is 24.3 Å². The van der Waals surface area contributed by atoms with E-state index in [4.69, 9.17) is 0 Å². The Morgan fingerprint density at radius 2 is 2.06 bits per heavy atom. The average molecular weight is 241 g/mol. The number of hydrogen-bond acceptors (Lipinski definition) is 2. The van der Waals surface area contributed by atoms with Gasteiger partial charge in [-0.05, 0) is 31.4 Å². The summed E-state index contributed by atoms with van der Waals surface area (Å²) in [5.41, 5.74) is 0.845. The standard InChI is InChI=1S/C13H17F2NO/c1-2-16-12(9-7-8-9)10-5-3-4-6-11(10)17-13(14)15/h3-6,9,12-13,16H,2,7-8H2,1H3. The van der Waals surface area contributed by atoms with Crippen molar-refractivity contribution in [3.63, 3.8) is 0 Å². The summed E-state index contributed by atoms with van der Waals surface area (Å²) in [4.78, 5) is 0. The largest absolute Gasteiger partial charge is 0.434 e. The van der Waals surface area contributed by atoms with E-state index >= 15 is 0 Å². The van der Waals surface area contributed by atoms with Crippen molar-refractivity contribution >= 4 is 0 Å². The molecule has 1 aliphatic rings. The molecule has 2 nitrogen and oxygen atoms in total. The molecular weight excluding hydrogens is 224 g/mol. The van der Waals surface area contributed by atoms with Crippen LogP contribution in [0.5, 0.6) is 5.75 Å². The van der Waals surface area contributed by atoms with Gasteiger partial charge in [0.1, 0.15) is 5.75 Å². The van der Waals surface area contributed by atoms with Crippen molar-refractivity contribution in [3.8, 4) is 5.75 Å². The maximum atomic E-state index is 12.3. The van der Waals surface area contributed by atoms with Crippen LogP contribution in [0.2, 0.25) is 0 Å². The smallest absolute Gasteiger partial charge is 0.387 e. The Hall–Kier alpha value is -1.16. The molecule has 1 unspecified atom stereocenters. The Kier molecular flexibility index (Phi) is 3.94. The molecule has 1 N–H and O–H groups in total. The van der Waals surface area contributed by atoms with Gasteiger partial charge in [-0.3, -0.25) is 0 Å². The van der Waals surface area contributed by atoms with E-state index in [1.54, 1.807) is 12.1 Å². The molecule has 0 spiro atoms. The Labute approximate surface area is 100.0 Å². The lowest BCUT2D eigenvalue weighted by Gasteiger charge is -2.20. The van der Waals surface area contributed by atoms with Crippen LogP contribution in [-0.4, -0.2) is 13.2 Å². The molecule has 0 radical (unpaired) electrons. The lowest BCUT2D eigenvalue weighted by molar-refractivity contribution is -0.0507. The summed E-state index contributed by atoms with van der Waals surface area (Å²) in [6.07, 6.45) is 2.31. The van der Waals surface area contributed by atoms with Crippen LogP contribution in [0.1, 0.15) is 31.4 Å². The molecule has 0 saturated heterocycles. The van der Waals surface area contributed by atoms with E-state index in [9.17, 15) is 8.78 Å². The first-order valence-corrected chi connectivity index (χ1v) is 5.99. The van der Waals surface area contributed by atoms with Crippen LogP contribution >= 0.6 is 0 Å². The molecule has 1 saturated carbocycles. The van der Waals surface area contributed by atoms with Crippen LogP contribution in [-0.2, 0) is 0 Å². The van der Waals surface area contributed by atoms with Crippen molar-refractivity contribution < 1.29 is 13.5 Å². The number of hydrogen-bond donors (Lipinski definition) is 1. The number of para-hydroxylation sites is 1. The molecule has 1 atom stereocenters. The highest BCUT2D eigenvalue weighted by Crippen LogP contribution is 2.43. The minimum atomic E-state index is -2.77. The topological polar surface area (TPSA) is 21.3 Å². The molecule has 94 valence electrons.